The zero-order chi connectivity index (χ0) is 33.2. The molecule has 0 spiro atoms. The van der Waals surface area contributed by atoms with Crippen LogP contribution in [0.25, 0.3) is 0 Å². The summed E-state index contributed by atoms with van der Waals surface area (Å²) in [6.45, 7) is 20.0. The van der Waals surface area contributed by atoms with Crippen molar-refractivity contribution in [2.45, 2.75) is 94.3 Å². The van der Waals surface area contributed by atoms with Gasteiger partial charge in [0.1, 0.15) is 12.2 Å². The molecule has 236 valence electrons. The lowest BCUT2D eigenvalue weighted by Crippen LogP contribution is -2.35. The van der Waals surface area contributed by atoms with Crippen molar-refractivity contribution in [3.05, 3.63) is 130 Å². The molecular weight excluding hydrogens is 544 g/mol. The van der Waals surface area contributed by atoms with Gasteiger partial charge in [-0.1, -0.05) is 135 Å². The molecule has 2 N–H and O–H groups in total. The fraction of sp³-hybridized carbons (Fsp3) is 0.400. The highest BCUT2D eigenvalue weighted by Gasteiger charge is 2.37. The van der Waals surface area contributed by atoms with Crippen LogP contribution in [0.2, 0.25) is 0 Å². The second kappa shape index (κ2) is 15.9. The Kier molecular flexibility index (Phi) is 13.2. The van der Waals surface area contributed by atoms with Crippen LogP contribution in [0.15, 0.2) is 130 Å². The first-order valence-corrected chi connectivity index (χ1v) is 15.4. The third kappa shape index (κ3) is 10.5. The molecule has 4 nitrogen and oxygen atoms in total. The Morgan fingerprint density at radius 1 is 0.568 bits per heavy atom. The van der Waals surface area contributed by atoms with Crippen LogP contribution in [0.1, 0.15) is 82.1 Å². The standard InChI is InChI=1S/C40H52O4/c1-27(17-13-19-29(3)21-23-33-31(5)37(43)35(41)25-39(33,7)8)15-11-12-16-28(2)18-14-20-30(4)22-24-34-32(6)38(44)36(42)26-40(34,9)10/h11-24,35-36,41-42H,25-26H2,1-10H3/b12-11+,17-13?,18-14?,23-21+,24-22+,27-15?,28-16?,29-19?,30-20?. The van der Waals surface area contributed by atoms with E-state index in [9.17, 15) is 19.8 Å². The number of ketones is 2. The van der Waals surface area contributed by atoms with Gasteiger partial charge in [-0.05, 0) is 87.5 Å². The molecule has 4 heteroatoms. The molecule has 0 aromatic carbocycles. The van der Waals surface area contributed by atoms with Crippen LogP contribution in [-0.4, -0.2) is 34.0 Å². The van der Waals surface area contributed by atoms with Gasteiger partial charge in [0, 0.05) is 0 Å². The van der Waals surface area contributed by atoms with Gasteiger partial charge in [-0.3, -0.25) is 9.59 Å². The van der Waals surface area contributed by atoms with Gasteiger partial charge in [0.15, 0.2) is 11.6 Å². The van der Waals surface area contributed by atoms with Crippen LogP contribution in [-0.2, 0) is 9.59 Å². The van der Waals surface area contributed by atoms with Crippen LogP contribution in [0.4, 0.5) is 0 Å². The highest BCUT2D eigenvalue weighted by atomic mass is 16.3. The summed E-state index contributed by atoms with van der Waals surface area (Å²) in [6, 6.07) is 0. The summed E-state index contributed by atoms with van der Waals surface area (Å²) in [5, 5.41) is 20.0. The first kappa shape index (κ1) is 36.6. The Labute approximate surface area is 265 Å². The molecule has 2 aliphatic rings. The molecule has 0 fully saturated rings. The van der Waals surface area contributed by atoms with E-state index < -0.39 is 12.2 Å². The minimum absolute atomic E-state index is 0.175. The van der Waals surface area contributed by atoms with Gasteiger partial charge in [0.25, 0.3) is 0 Å². The maximum Gasteiger partial charge on any atom is 0.187 e. The van der Waals surface area contributed by atoms with E-state index in [-0.39, 0.29) is 22.4 Å². The molecule has 0 amide bonds. The van der Waals surface area contributed by atoms with E-state index >= 15 is 0 Å². The van der Waals surface area contributed by atoms with Gasteiger partial charge in [0.2, 0.25) is 0 Å². The predicted molar refractivity (Wildman–Crippen MR) is 185 cm³/mol. The molecule has 0 aromatic heterocycles. The normalized spacial score (nSPS) is 24.5. The smallest absolute Gasteiger partial charge is 0.187 e. The van der Waals surface area contributed by atoms with Crippen LogP contribution >= 0.6 is 0 Å². The summed E-state index contributed by atoms with van der Waals surface area (Å²) in [4.78, 5) is 24.5. The van der Waals surface area contributed by atoms with Gasteiger partial charge in [-0.2, -0.15) is 0 Å². The van der Waals surface area contributed by atoms with Crippen molar-refractivity contribution in [1.29, 1.82) is 0 Å². The number of carbonyl (C=O) groups excluding carboxylic acids is 2. The van der Waals surface area contributed by atoms with Gasteiger partial charge in [-0.15, -0.1) is 0 Å². The van der Waals surface area contributed by atoms with Gasteiger partial charge >= 0.3 is 0 Å². The van der Waals surface area contributed by atoms with Crippen LogP contribution in [0, 0.1) is 10.8 Å². The average Bonchev–Trinajstić information content (AvgIpc) is 2.92. The molecule has 2 rings (SSSR count). The van der Waals surface area contributed by atoms with Gasteiger partial charge < -0.3 is 10.2 Å². The van der Waals surface area contributed by atoms with Crippen LogP contribution in [0.5, 0.6) is 0 Å². The van der Waals surface area contributed by atoms with E-state index in [1.54, 1.807) is 13.8 Å². The fourth-order valence-corrected chi connectivity index (χ4v) is 5.62. The quantitative estimate of drug-likeness (QED) is 0.247. The summed E-state index contributed by atoms with van der Waals surface area (Å²) in [5.74, 6) is -0.350. The number of allylic oxidation sites excluding steroid dienone is 20. The van der Waals surface area contributed by atoms with E-state index in [4.69, 9.17) is 0 Å². The number of Topliss-reactive ketones (excluding diaryl/α,β-unsaturated/α-hetero) is 2. The summed E-state index contributed by atoms with van der Waals surface area (Å²) in [5.41, 5.74) is 7.16. The maximum atomic E-state index is 12.2. The second-order valence-corrected chi connectivity index (χ2v) is 13.4. The Hall–Kier alpha value is -3.60. The van der Waals surface area contributed by atoms with Crippen molar-refractivity contribution in [3.8, 4) is 0 Å². The molecule has 0 radical (unpaired) electrons. The molecule has 2 unspecified atom stereocenters. The molecule has 0 aromatic rings. The Balaban J connectivity index is 1.95. The Morgan fingerprint density at radius 2 is 0.864 bits per heavy atom. The summed E-state index contributed by atoms with van der Waals surface area (Å²) < 4.78 is 0. The average molecular weight is 597 g/mol. The number of hydrogen-bond donors (Lipinski definition) is 2. The summed E-state index contributed by atoms with van der Waals surface area (Å²) in [6.07, 6.45) is 27.5. The molecule has 0 aliphatic heterocycles. The number of aliphatic hydroxyl groups excluding tert-OH is 2. The third-order valence-electron chi connectivity index (χ3n) is 8.31. The lowest BCUT2D eigenvalue weighted by atomic mass is 9.71. The van der Waals surface area contributed by atoms with Crippen molar-refractivity contribution < 1.29 is 19.8 Å². The van der Waals surface area contributed by atoms with Gasteiger partial charge in [-0.25, -0.2) is 0 Å². The highest BCUT2D eigenvalue weighted by Crippen LogP contribution is 2.40. The predicted octanol–water partition coefficient (Wildman–Crippen LogP) is 8.91. The Bertz CT molecular complexity index is 1340. The summed E-state index contributed by atoms with van der Waals surface area (Å²) >= 11 is 0. The van der Waals surface area contributed by atoms with E-state index in [1.807, 2.05) is 74.6 Å². The number of rotatable bonds is 10. The molecule has 0 saturated heterocycles. The molecule has 0 bridgehead atoms. The first-order chi connectivity index (χ1) is 20.5. The van der Waals surface area contributed by atoms with Crippen molar-refractivity contribution in [3.63, 3.8) is 0 Å². The molecule has 0 saturated carbocycles. The van der Waals surface area contributed by atoms with Crippen LogP contribution < -0.4 is 0 Å². The topological polar surface area (TPSA) is 74.6 Å². The van der Waals surface area contributed by atoms with E-state index in [1.165, 1.54) is 0 Å². The lowest BCUT2D eigenvalue weighted by molar-refractivity contribution is -0.126. The summed E-state index contributed by atoms with van der Waals surface area (Å²) in [7, 11) is 0. The number of carbonyl (C=O) groups is 2. The van der Waals surface area contributed by atoms with Crippen molar-refractivity contribution in [1.82, 2.24) is 0 Å². The minimum atomic E-state index is -0.907. The first-order valence-electron chi connectivity index (χ1n) is 15.4. The second-order valence-electron chi connectivity index (χ2n) is 13.4. The lowest BCUT2D eigenvalue weighted by Gasteiger charge is -2.34. The van der Waals surface area contributed by atoms with Crippen molar-refractivity contribution in [2.75, 3.05) is 0 Å². The van der Waals surface area contributed by atoms with Crippen molar-refractivity contribution in [2.24, 2.45) is 10.8 Å². The van der Waals surface area contributed by atoms with E-state index in [0.717, 1.165) is 33.4 Å². The van der Waals surface area contributed by atoms with Gasteiger partial charge in [0.05, 0.1) is 0 Å². The zero-order valence-electron chi connectivity index (χ0n) is 28.4. The van der Waals surface area contributed by atoms with Crippen LogP contribution in [0.3, 0.4) is 0 Å². The molecule has 2 aliphatic carbocycles. The fourth-order valence-electron chi connectivity index (χ4n) is 5.62. The monoisotopic (exact) mass is 596 g/mol. The Morgan fingerprint density at radius 3 is 1.20 bits per heavy atom. The molecular formula is C40H52O4. The third-order valence-corrected chi connectivity index (χ3v) is 8.31. The number of aliphatic hydroxyl groups is 2. The minimum Gasteiger partial charge on any atom is -0.385 e. The van der Waals surface area contributed by atoms with E-state index in [2.05, 4.69) is 65.8 Å². The molecule has 44 heavy (non-hydrogen) atoms. The molecule has 0 heterocycles. The largest absolute Gasteiger partial charge is 0.385 e. The maximum absolute atomic E-state index is 12.2. The SMILES string of the molecule is CC(C=CC=C(C)/C=C/C1=C(C)C(=O)C(O)CC1(C)C)=C/C=C/C=C(C)C=CC=C(C)/C=C/C1=C(C)C(=O)C(O)CC1(C)C. The number of hydrogen-bond acceptors (Lipinski definition) is 4. The molecule has 2 atom stereocenters. The van der Waals surface area contributed by atoms with E-state index in [0.29, 0.717) is 24.0 Å². The van der Waals surface area contributed by atoms with Crippen molar-refractivity contribution >= 4 is 11.6 Å². The highest BCUT2D eigenvalue weighted by molar-refractivity contribution is 6.01. The zero-order valence-corrected chi connectivity index (χ0v) is 28.4.